The van der Waals surface area contributed by atoms with Gasteiger partial charge in [-0.3, -0.25) is 19.2 Å². The van der Waals surface area contributed by atoms with E-state index in [1.165, 1.54) is 60.6 Å². The van der Waals surface area contributed by atoms with Crippen molar-refractivity contribution in [3.63, 3.8) is 0 Å². The summed E-state index contributed by atoms with van der Waals surface area (Å²) in [6.45, 7) is 4.54. The number of nitrogens with one attached hydrogen (secondary N) is 4. The number of fused-ring (bicyclic) bond motifs is 15. The lowest BCUT2D eigenvalue weighted by Crippen LogP contribution is -2.62. The maximum absolute atomic E-state index is 15.1. The molecule has 11 heterocycles. The fourth-order valence-electron chi connectivity index (χ4n) is 11.5. The molecule has 92 heavy (non-hydrogen) atoms. The minimum Gasteiger partial charge on any atom is -0.506 e. The third kappa shape index (κ3) is 12.2. The van der Waals surface area contributed by atoms with Crippen molar-refractivity contribution in [2.75, 3.05) is 27.8 Å². The van der Waals surface area contributed by atoms with Gasteiger partial charge in [-0.15, -0.1) is 56.7 Å². The summed E-state index contributed by atoms with van der Waals surface area (Å²) in [6, 6.07) is 1.01. The van der Waals surface area contributed by atoms with Crippen LogP contribution < -0.4 is 27.0 Å². The van der Waals surface area contributed by atoms with E-state index in [-0.39, 0.29) is 106 Å². The molecule has 34 heteroatoms. The molecule has 10 atom stereocenters. The highest BCUT2D eigenvalue weighted by atomic mass is 32.1. The number of carbonyl (C=O) groups excluding carboxylic acids is 6. The van der Waals surface area contributed by atoms with Gasteiger partial charge in [-0.2, -0.15) is 4.73 Å². The summed E-state index contributed by atoms with van der Waals surface area (Å²) in [7, 11) is 4.88. The summed E-state index contributed by atoms with van der Waals surface area (Å²) in [4.78, 5) is 119. The van der Waals surface area contributed by atoms with Gasteiger partial charge >= 0.3 is 11.9 Å². The minimum atomic E-state index is -1.89. The van der Waals surface area contributed by atoms with Crippen LogP contribution >= 0.6 is 56.7 Å². The number of nitrogens with zero attached hydrogens (tertiary/aromatic N) is 8. The van der Waals surface area contributed by atoms with Gasteiger partial charge in [0, 0.05) is 56.4 Å². The highest BCUT2D eigenvalue weighted by molar-refractivity contribution is 7.14. The normalized spacial score (nSPS) is 25.0. The van der Waals surface area contributed by atoms with E-state index < -0.39 is 122 Å². The average Bonchev–Trinajstić information content (AvgIpc) is 1.56. The van der Waals surface area contributed by atoms with Crippen molar-refractivity contribution >= 4 is 109 Å². The lowest BCUT2D eigenvalue weighted by Gasteiger charge is -2.48. The van der Waals surface area contributed by atoms with E-state index in [2.05, 4.69) is 36.2 Å². The van der Waals surface area contributed by atoms with Crippen LogP contribution in [0.15, 0.2) is 56.9 Å². The monoisotopic (exact) mass is 1350 g/mol. The number of esters is 2. The average molecular weight is 1350 g/mol. The number of rotatable bonds is 7. The SMILES string of the molecule is COC(C)=C1NC(=O)[C@H]([C@@H](C)O)NC(=O)c2csc(n2)-c2cc(O)c(-c3nc(CN)cs3)nc2-c2csc(n2)[C@@H]2COC(=O)c3c4c5c(cccc5n3O)COC(=O)[C@@H](O[C@H]3C[C@](C)(O)C(N(C)C)[C@H](C)O3)[C@@H](OC4)[C@H](NC(=O)c3csc1n3)c1nc(cs1)C(=O)N2. The van der Waals surface area contributed by atoms with Crippen LogP contribution in [-0.4, -0.2) is 172 Å². The number of aliphatic hydroxyl groups excluding tert-OH is 1. The quantitative estimate of drug-likeness (QED) is 0.0597. The number of hydrogen-bond donors (Lipinski definition) is 9. The molecule has 0 saturated carbocycles. The van der Waals surface area contributed by atoms with Gasteiger partial charge < -0.3 is 80.8 Å². The molecule has 1 fully saturated rings. The number of hydrogen-bond acceptors (Lipinski definition) is 29. The minimum absolute atomic E-state index is 0.0103. The van der Waals surface area contributed by atoms with Crippen molar-refractivity contribution in [1.82, 2.24) is 60.8 Å². The lowest BCUT2D eigenvalue weighted by molar-refractivity contribution is -0.280. The van der Waals surface area contributed by atoms with E-state index in [0.717, 1.165) is 45.3 Å². The van der Waals surface area contributed by atoms with Crippen LogP contribution in [-0.2, 0) is 57.8 Å². The molecule has 29 nitrogen and oxygen atoms in total. The van der Waals surface area contributed by atoms with Crippen LogP contribution in [0, 0.1) is 0 Å². The van der Waals surface area contributed by atoms with Crippen LogP contribution in [0.3, 0.4) is 0 Å². The summed E-state index contributed by atoms with van der Waals surface area (Å²) in [5.74, 6) is -5.96. The van der Waals surface area contributed by atoms with Crippen LogP contribution in [0.1, 0.15) is 120 Å². The third-order valence-electron chi connectivity index (χ3n) is 15.8. The number of methoxy groups -OCH3 is 1. The largest absolute Gasteiger partial charge is 0.506 e. The van der Waals surface area contributed by atoms with Crippen molar-refractivity contribution in [3.05, 3.63) is 112 Å². The predicted molar refractivity (Wildman–Crippen MR) is 332 cm³/mol. The van der Waals surface area contributed by atoms with Crippen LogP contribution in [0.4, 0.5) is 0 Å². The molecule has 0 radical (unpaired) electrons. The fraction of sp³-hybridized carbons (Fsp3) is 0.379. The Morgan fingerprint density at radius 1 is 0.848 bits per heavy atom. The summed E-state index contributed by atoms with van der Waals surface area (Å²) < 4.78 is 38.2. The molecule has 1 aromatic carbocycles. The van der Waals surface area contributed by atoms with Crippen molar-refractivity contribution in [2.24, 2.45) is 5.73 Å². The van der Waals surface area contributed by atoms with Crippen LogP contribution in [0.2, 0.25) is 0 Å². The third-order valence-corrected chi connectivity index (χ3v) is 20.3. The number of likely N-dealkylation sites (N-methyl/N-ethyl adjacent to an activating group) is 1. The highest BCUT2D eigenvalue weighted by Gasteiger charge is 2.50. The highest BCUT2D eigenvalue weighted by Crippen LogP contribution is 2.43. The maximum Gasteiger partial charge on any atom is 0.358 e. The van der Waals surface area contributed by atoms with Gasteiger partial charge in [0.25, 0.3) is 17.7 Å². The molecule has 0 aliphatic carbocycles. The Kier molecular flexibility index (Phi) is 17.8. The van der Waals surface area contributed by atoms with Gasteiger partial charge in [0.05, 0.1) is 48.8 Å². The first-order chi connectivity index (χ1) is 44.0. The Morgan fingerprint density at radius 2 is 1.52 bits per heavy atom. The molecule has 4 aliphatic rings. The first-order valence-electron chi connectivity index (χ1n) is 28.4. The molecular weight excluding hydrogens is 1300 g/mol. The number of ether oxygens (including phenoxy) is 6. The molecule has 4 amide bonds. The first-order valence-corrected chi connectivity index (χ1v) is 32.8. The molecule has 482 valence electrons. The zero-order chi connectivity index (χ0) is 65.2. The van der Waals surface area contributed by atoms with Gasteiger partial charge in [0.1, 0.15) is 114 Å². The van der Waals surface area contributed by atoms with E-state index in [1.807, 2.05) is 0 Å². The molecule has 10 N–H and O–H groups in total. The standard InChI is InChI=1S/C58H59N13O16S5/c1-22(72)38-50(77)68-39(23(2)82-7)53-64-33(21-91-53)49(76)69-42-44-45(87-36-12-58(4,80)46(70(5)6)24(3)86-36)57(79)84-14-25-9-8-10-34-37(25)28(15-83-44)43(71(34)81)56(78)85-16-29(61-47(74)31-20-92-55(42)65-31)52-62-30(18-90-52)40-27(51-63-32(19-89-51)48(75)67-38)11-35(73)41(66-40)54-60-26(13-59)17-88-54/h8-11,17-22,24,29,36,38,42,44-46,72-73,80-81H,12-16,59H2,1-7H3,(H,61,74)(H,67,75)(H,68,77)(H,69,76)/t22-,24+,29+,36+,38+,42+,44+,45+,46?,58+/m1/s1. The molecular formula is C58H59N13O16S5. The van der Waals surface area contributed by atoms with Gasteiger partial charge in [-0.1, -0.05) is 12.1 Å². The number of benzene rings is 1. The molecule has 1 unspecified atom stereocenters. The van der Waals surface area contributed by atoms with Crippen molar-refractivity contribution in [3.8, 4) is 38.4 Å². The molecule has 7 aromatic heterocycles. The second-order valence-corrected chi connectivity index (χ2v) is 26.7. The predicted octanol–water partition coefficient (Wildman–Crippen LogP) is 4.62. The number of allylic oxidation sites excluding steroid dienone is 1. The van der Waals surface area contributed by atoms with E-state index in [4.69, 9.17) is 49.1 Å². The Bertz CT molecular complexity index is 4260. The maximum atomic E-state index is 15.1. The molecule has 1 saturated heterocycles. The zero-order valence-corrected chi connectivity index (χ0v) is 53.9. The topological polar surface area (TPSA) is 398 Å². The van der Waals surface area contributed by atoms with Crippen LogP contribution in [0.25, 0.3) is 49.3 Å². The number of aromatic nitrogens is 7. The molecule has 8 aromatic rings. The first kappa shape index (κ1) is 63.9. The van der Waals surface area contributed by atoms with Crippen LogP contribution in [0.5, 0.6) is 5.75 Å². The molecule has 4 aliphatic heterocycles. The second kappa shape index (κ2) is 25.7. The second-order valence-electron chi connectivity index (χ2n) is 22.3. The number of carbonyl (C=O) groups is 6. The van der Waals surface area contributed by atoms with E-state index >= 15 is 9.59 Å². The zero-order valence-electron chi connectivity index (χ0n) is 49.8. The van der Waals surface area contributed by atoms with E-state index in [1.54, 1.807) is 55.7 Å². The Balaban J connectivity index is 1.05. The Morgan fingerprint density at radius 3 is 2.24 bits per heavy atom. The Labute approximate surface area is 542 Å². The summed E-state index contributed by atoms with van der Waals surface area (Å²) >= 11 is 4.95. The number of pyridine rings is 1. The number of aliphatic hydroxyl groups is 2. The number of nitrogens with two attached hydrogens (primary N) is 1. The van der Waals surface area contributed by atoms with Gasteiger partial charge in [0.15, 0.2) is 18.1 Å². The number of cyclic esters (lactones) is 2. The summed E-state index contributed by atoms with van der Waals surface area (Å²) in [5, 5.41) is 66.1. The van der Waals surface area contributed by atoms with Crippen molar-refractivity contribution in [1.29, 1.82) is 0 Å². The molecule has 12 bridgehead atoms. The molecule has 12 rings (SSSR count). The van der Waals surface area contributed by atoms with Gasteiger partial charge in [-0.25, -0.2) is 39.5 Å². The van der Waals surface area contributed by atoms with Crippen molar-refractivity contribution in [2.45, 2.75) is 114 Å². The molecule has 0 spiro atoms. The Hall–Kier alpha value is -8.26. The number of amides is 4. The fourth-order valence-corrected chi connectivity index (χ4v) is 15.7. The number of aromatic hydroxyl groups is 1. The van der Waals surface area contributed by atoms with E-state index in [9.17, 15) is 39.7 Å². The lowest BCUT2D eigenvalue weighted by atomic mass is 9.85. The van der Waals surface area contributed by atoms with Gasteiger partial charge in [0.2, 0.25) is 5.91 Å². The smallest absolute Gasteiger partial charge is 0.358 e. The van der Waals surface area contributed by atoms with E-state index in [0.29, 0.717) is 21.0 Å². The number of thiazole rings is 5. The summed E-state index contributed by atoms with van der Waals surface area (Å²) in [6.07, 6.45) is -7.38. The summed E-state index contributed by atoms with van der Waals surface area (Å²) in [5.41, 5.74) is 4.71. The van der Waals surface area contributed by atoms with Gasteiger partial charge in [-0.05, 0) is 59.5 Å². The van der Waals surface area contributed by atoms with Crippen molar-refractivity contribution < 1.29 is 77.7 Å².